The Hall–Kier alpha value is -6.65. The van der Waals surface area contributed by atoms with Gasteiger partial charge in [-0.1, -0.05) is 90.0 Å². The van der Waals surface area contributed by atoms with E-state index in [1.54, 1.807) is 12.4 Å². The van der Waals surface area contributed by atoms with E-state index in [1.165, 1.54) is 5.56 Å². The van der Waals surface area contributed by atoms with E-state index in [2.05, 4.69) is 78.1 Å². The number of hydrogen-bond acceptors (Lipinski definition) is 13. The first-order valence-electron chi connectivity index (χ1n) is 22.5. The molecule has 6 aromatic rings. The summed E-state index contributed by atoms with van der Waals surface area (Å²) in [6.45, 7) is 19.6. The van der Waals surface area contributed by atoms with Gasteiger partial charge in [0.2, 0.25) is 35.2 Å². The second-order valence-corrected chi connectivity index (χ2v) is 19.5. The minimum Gasteiger partial charge on any atom is -0.475 e. The summed E-state index contributed by atoms with van der Waals surface area (Å²) in [6, 6.07) is 20.2. The van der Waals surface area contributed by atoms with Crippen LogP contribution >= 0.6 is 12.4 Å². The zero-order valence-corrected chi connectivity index (χ0v) is 41.2. The molecule has 2 aliphatic carbocycles. The lowest BCUT2D eigenvalue weighted by atomic mass is 9.90. The van der Waals surface area contributed by atoms with Gasteiger partial charge in [-0.3, -0.25) is 14.4 Å². The van der Waals surface area contributed by atoms with Gasteiger partial charge in [0.25, 0.3) is 5.82 Å². The molecule has 4 heterocycles. The number of rotatable bonds is 12. The molecule has 0 radical (unpaired) electrons. The van der Waals surface area contributed by atoms with Crippen molar-refractivity contribution < 1.29 is 33.3 Å². The van der Waals surface area contributed by atoms with E-state index in [0.717, 1.165) is 64.6 Å². The number of nitrogens with one attached hydrogen (secondary N) is 2. The third-order valence-electron chi connectivity index (χ3n) is 11.2. The Morgan fingerprint density at radius 3 is 1.44 bits per heavy atom. The fourth-order valence-electron chi connectivity index (χ4n) is 7.01. The molecule has 68 heavy (non-hydrogen) atoms. The molecule has 2 fully saturated rings. The number of aryl methyl sites for hydroxylation is 2. The zero-order chi connectivity index (χ0) is 48.8. The first-order chi connectivity index (χ1) is 31.6. The maximum atomic E-state index is 12.7. The summed E-state index contributed by atoms with van der Waals surface area (Å²) in [7, 11) is 0. The fraction of sp³-hybridized carbons (Fsp3) is 0.412. The highest BCUT2D eigenvalue weighted by Gasteiger charge is 2.31. The molecular weight excluding hydrogens is 886 g/mol. The van der Waals surface area contributed by atoms with Crippen molar-refractivity contribution in [2.75, 3.05) is 10.6 Å². The van der Waals surface area contributed by atoms with Gasteiger partial charge >= 0.3 is 5.97 Å². The molecule has 360 valence electrons. The second kappa shape index (κ2) is 22.0. The van der Waals surface area contributed by atoms with E-state index in [4.69, 9.17) is 19.9 Å². The summed E-state index contributed by atoms with van der Waals surface area (Å²) in [6.07, 6.45) is 7.63. The van der Waals surface area contributed by atoms with Crippen molar-refractivity contribution >= 4 is 47.6 Å². The summed E-state index contributed by atoms with van der Waals surface area (Å²) in [5.74, 6) is 0.963. The summed E-state index contributed by atoms with van der Waals surface area (Å²) in [5, 5.41) is 21.4. The molecule has 4 aromatic heterocycles. The molecular formula is C51H62ClN9O7. The van der Waals surface area contributed by atoms with Crippen LogP contribution in [0.2, 0.25) is 0 Å². The molecule has 0 saturated heterocycles. The van der Waals surface area contributed by atoms with Gasteiger partial charge in [-0.25, -0.2) is 14.8 Å². The minimum atomic E-state index is -1.17. The number of halogens is 1. The van der Waals surface area contributed by atoms with Crippen LogP contribution in [0.15, 0.2) is 82.1 Å². The topological polar surface area (TPSA) is 242 Å². The largest absolute Gasteiger partial charge is 0.475 e. The summed E-state index contributed by atoms with van der Waals surface area (Å²) in [4.78, 5) is 63.4. The Morgan fingerprint density at radius 1 is 0.662 bits per heavy atom. The van der Waals surface area contributed by atoms with Gasteiger partial charge in [0.05, 0.1) is 0 Å². The van der Waals surface area contributed by atoms with Crippen LogP contribution in [0.1, 0.15) is 155 Å². The minimum absolute atomic E-state index is 0. The third kappa shape index (κ3) is 14.2. The molecule has 0 bridgehead atoms. The standard InChI is InChI=1S/C26H30N4O3.C18H21N3O.C7H10N2O3.ClH/c1-15-12-18(19-10-11-27-22(14-19)28-24(32)17-6-7-17)8-9-20(15)16(2)13-21(31)23-29-25(33-30-23)26(3,4)5;1-11-9-14(5-6-16(11)12(2)19)15-7-8-20-17(10-15)21-18(22)13-3-4-13;1-7(2,3)6-8-4(5(10)11)9-12-6;/h8-12,14,16-17H,6-7,13H2,1-5H3,(H,27,28,32);5-10,12-13H,3-4,19H2,1-2H3,(H,20,21,22);1-3H3,(H,10,11);1H/t16-;12-;;/m01../s1. The number of pyridine rings is 2. The summed E-state index contributed by atoms with van der Waals surface area (Å²) in [5.41, 5.74) is 14.0. The van der Waals surface area contributed by atoms with E-state index < -0.39 is 5.97 Å². The number of carbonyl (C=O) groups is 4. The van der Waals surface area contributed by atoms with Gasteiger partial charge in [-0.15, -0.1) is 12.4 Å². The Morgan fingerprint density at radius 2 is 1.07 bits per heavy atom. The monoisotopic (exact) mass is 947 g/mol. The van der Waals surface area contributed by atoms with E-state index in [0.29, 0.717) is 29.8 Å². The first kappa shape index (κ1) is 52.3. The van der Waals surface area contributed by atoms with Crippen molar-refractivity contribution in [1.29, 1.82) is 0 Å². The molecule has 5 N–H and O–H groups in total. The maximum Gasteiger partial charge on any atom is 0.377 e. The average Bonchev–Trinajstić information content (AvgIpc) is 4.19. The maximum absolute atomic E-state index is 12.7. The zero-order valence-electron chi connectivity index (χ0n) is 40.3. The Balaban J connectivity index is 0.000000212. The van der Waals surface area contributed by atoms with E-state index in [-0.39, 0.29) is 76.3 Å². The van der Waals surface area contributed by atoms with Crippen LogP contribution in [0.3, 0.4) is 0 Å². The number of carbonyl (C=O) groups excluding carboxylic acids is 3. The van der Waals surface area contributed by atoms with Gasteiger partial charge in [0.15, 0.2) is 0 Å². The van der Waals surface area contributed by atoms with Gasteiger partial charge in [0, 0.05) is 47.5 Å². The van der Waals surface area contributed by atoms with Crippen molar-refractivity contribution in [2.24, 2.45) is 17.6 Å². The number of carboxylic acids is 1. The number of benzene rings is 2. The van der Waals surface area contributed by atoms with Crippen LogP contribution in [0.25, 0.3) is 22.3 Å². The number of aromatic nitrogens is 6. The van der Waals surface area contributed by atoms with Crippen molar-refractivity contribution in [1.82, 2.24) is 30.2 Å². The first-order valence-corrected chi connectivity index (χ1v) is 22.5. The highest BCUT2D eigenvalue weighted by atomic mass is 35.5. The highest BCUT2D eigenvalue weighted by Crippen LogP contribution is 2.33. The predicted molar refractivity (Wildman–Crippen MR) is 262 cm³/mol. The van der Waals surface area contributed by atoms with Crippen molar-refractivity contribution in [2.45, 2.75) is 124 Å². The fourth-order valence-corrected chi connectivity index (χ4v) is 7.01. The molecule has 0 unspecified atom stereocenters. The van der Waals surface area contributed by atoms with Crippen LogP contribution in [0, 0.1) is 25.7 Å². The van der Waals surface area contributed by atoms with Crippen LogP contribution in [-0.4, -0.2) is 58.9 Å². The van der Waals surface area contributed by atoms with Crippen LogP contribution < -0.4 is 16.4 Å². The van der Waals surface area contributed by atoms with Crippen LogP contribution in [0.5, 0.6) is 0 Å². The molecule has 0 spiro atoms. The molecule has 2 aromatic carbocycles. The van der Waals surface area contributed by atoms with Gasteiger partial charge < -0.3 is 30.5 Å². The van der Waals surface area contributed by atoms with Gasteiger partial charge in [0.1, 0.15) is 11.6 Å². The van der Waals surface area contributed by atoms with E-state index >= 15 is 0 Å². The number of ketones is 1. The van der Waals surface area contributed by atoms with Gasteiger partial charge in [-0.05, 0) is 126 Å². The normalized spacial score (nSPS) is 14.2. The van der Waals surface area contributed by atoms with Crippen LogP contribution in [0.4, 0.5) is 11.6 Å². The van der Waals surface area contributed by atoms with Crippen molar-refractivity contribution in [3.63, 3.8) is 0 Å². The number of nitrogens with two attached hydrogens (primary N) is 1. The smallest absolute Gasteiger partial charge is 0.377 e. The lowest BCUT2D eigenvalue weighted by molar-refractivity contribution is -0.118. The number of aromatic carboxylic acids is 1. The van der Waals surface area contributed by atoms with Crippen molar-refractivity contribution in [3.05, 3.63) is 119 Å². The molecule has 17 heteroatoms. The molecule has 2 saturated carbocycles. The molecule has 16 nitrogen and oxygen atoms in total. The van der Waals surface area contributed by atoms with Crippen LogP contribution in [-0.2, 0) is 20.4 Å². The number of nitrogens with zero attached hydrogens (tertiary/aromatic N) is 6. The molecule has 2 aliphatic rings. The Bertz CT molecular complexity index is 2740. The number of amides is 2. The lowest BCUT2D eigenvalue weighted by Gasteiger charge is -2.15. The quantitative estimate of drug-likeness (QED) is 0.0835. The number of Topliss-reactive ketones (excluding diaryl/α,β-unsaturated/α-hetero) is 1. The van der Waals surface area contributed by atoms with E-state index in [9.17, 15) is 19.2 Å². The summed E-state index contributed by atoms with van der Waals surface area (Å²) >= 11 is 0. The number of hydrogen-bond donors (Lipinski definition) is 4. The van der Waals surface area contributed by atoms with Crippen molar-refractivity contribution in [3.8, 4) is 22.3 Å². The average molecular weight is 949 g/mol. The lowest BCUT2D eigenvalue weighted by Crippen LogP contribution is -2.14. The Kier molecular flexibility index (Phi) is 16.9. The SMILES string of the molecule is CC(C)(C)c1nc(C(=O)O)no1.Cc1cc(-c2ccnc(NC(=O)C3CC3)c2)ccc1[C@@H](C)CC(=O)c1noc(C(C)(C)C)n1.Cc1cc(-c2ccnc(NC(=O)C3CC3)c2)ccc1[C@@H](C)N.Cl. The Labute approximate surface area is 403 Å². The predicted octanol–water partition coefficient (Wildman–Crippen LogP) is 10.4. The second-order valence-electron chi connectivity index (χ2n) is 19.5. The molecule has 8 rings (SSSR count). The molecule has 2 atom stereocenters. The number of anilines is 2. The van der Waals surface area contributed by atoms with E-state index in [1.807, 2.05) is 92.6 Å². The number of carboxylic acid groups (broad SMARTS) is 1. The molecule has 0 aliphatic heterocycles. The molecule has 2 amide bonds. The third-order valence-corrected chi connectivity index (χ3v) is 11.2. The van der Waals surface area contributed by atoms with Gasteiger partial charge in [-0.2, -0.15) is 9.97 Å². The highest BCUT2D eigenvalue weighted by molar-refractivity contribution is 5.95. The summed E-state index contributed by atoms with van der Waals surface area (Å²) < 4.78 is 10.0.